The van der Waals surface area contributed by atoms with E-state index < -0.39 is 0 Å². The second-order valence-corrected chi connectivity index (χ2v) is 5.16. The van der Waals surface area contributed by atoms with Crippen molar-refractivity contribution in [1.82, 2.24) is 5.32 Å². The molecule has 0 aliphatic carbocycles. The number of ether oxygens (including phenoxy) is 1. The lowest BCUT2D eigenvalue weighted by molar-refractivity contribution is 0.317. The van der Waals surface area contributed by atoms with Gasteiger partial charge in [0, 0.05) is 11.1 Å². The number of hydrogen-bond donors (Lipinski definition) is 1. The summed E-state index contributed by atoms with van der Waals surface area (Å²) in [5.74, 6) is 1.92. The summed E-state index contributed by atoms with van der Waals surface area (Å²) in [6.45, 7) is 6.70. The molecule has 0 bridgehead atoms. The third kappa shape index (κ3) is 3.36. The molecule has 1 rings (SSSR count). The molecule has 0 amide bonds. The highest BCUT2D eigenvalue weighted by molar-refractivity contribution is 6.31. The van der Waals surface area contributed by atoms with Gasteiger partial charge in [-0.1, -0.05) is 38.4 Å². The normalized spacial score (nSPS) is 14.8. The van der Waals surface area contributed by atoms with Gasteiger partial charge < -0.3 is 10.1 Å². The molecule has 2 unspecified atom stereocenters. The lowest BCUT2D eigenvalue weighted by atomic mass is 9.86. The van der Waals surface area contributed by atoms with Crippen LogP contribution in [0.3, 0.4) is 0 Å². The van der Waals surface area contributed by atoms with Crippen LogP contribution in [0.15, 0.2) is 18.2 Å². The quantitative estimate of drug-likeness (QED) is 0.862. The van der Waals surface area contributed by atoms with Crippen LogP contribution in [0.25, 0.3) is 0 Å². The maximum atomic E-state index is 6.31. The maximum absolute atomic E-state index is 6.31. The molecule has 1 N–H and O–H groups in total. The molecular formula is C14H22ClNO. The van der Waals surface area contributed by atoms with E-state index in [9.17, 15) is 0 Å². The molecule has 0 saturated carbocycles. The summed E-state index contributed by atoms with van der Waals surface area (Å²) in [7, 11) is 3.63. The third-order valence-electron chi connectivity index (χ3n) is 3.43. The SMILES string of the molecule is CNC(c1ccc(OC)cc1Cl)C(C)C(C)C. The van der Waals surface area contributed by atoms with Gasteiger partial charge in [-0.3, -0.25) is 0 Å². The monoisotopic (exact) mass is 255 g/mol. The Morgan fingerprint density at radius 1 is 1.24 bits per heavy atom. The van der Waals surface area contributed by atoms with Crippen molar-refractivity contribution in [3.05, 3.63) is 28.8 Å². The molecule has 2 nitrogen and oxygen atoms in total. The fourth-order valence-corrected chi connectivity index (χ4v) is 2.26. The van der Waals surface area contributed by atoms with Gasteiger partial charge in [0.2, 0.25) is 0 Å². The number of benzene rings is 1. The number of rotatable bonds is 5. The third-order valence-corrected chi connectivity index (χ3v) is 3.76. The second-order valence-electron chi connectivity index (χ2n) is 4.76. The van der Waals surface area contributed by atoms with E-state index in [1.54, 1.807) is 7.11 Å². The van der Waals surface area contributed by atoms with Crippen molar-refractivity contribution in [2.45, 2.75) is 26.8 Å². The van der Waals surface area contributed by atoms with Crippen LogP contribution in [-0.2, 0) is 0 Å². The van der Waals surface area contributed by atoms with Crippen LogP contribution >= 0.6 is 11.6 Å². The Morgan fingerprint density at radius 2 is 1.88 bits per heavy atom. The minimum Gasteiger partial charge on any atom is -0.497 e. The summed E-state index contributed by atoms with van der Waals surface area (Å²) >= 11 is 6.31. The van der Waals surface area contributed by atoms with Gasteiger partial charge in [-0.05, 0) is 36.6 Å². The van der Waals surface area contributed by atoms with Crippen molar-refractivity contribution in [3.8, 4) is 5.75 Å². The Labute approximate surface area is 109 Å². The molecule has 0 spiro atoms. The lowest BCUT2D eigenvalue weighted by Gasteiger charge is -2.28. The minimum absolute atomic E-state index is 0.272. The number of hydrogen-bond acceptors (Lipinski definition) is 2. The van der Waals surface area contributed by atoms with Crippen LogP contribution < -0.4 is 10.1 Å². The van der Waals surface area contributed by atoms with Crippen LogP contribution in [-0.4, -0.2) is 14.2 Å². The topological polar surface area (TPSA) is 21.3 Å². The molecule has 2 atom stereocenters. The second kappa shape index (κ2) is 6.27. The first-order valence-corrected chi connectivity index (χ1v) is 6.39. The first kappa shape index (κ1) is 14.3. The lowest BCUT2D eigenvalue weighted by Crippen LogP contribution is -2.26. The van der Waals surface area contributed by atoms with Crippen molar-refractivity contribution < 1.29 is 4.74 Å². The van der Waals surface area contributed by atoms with E-state index >= 15 is 0 Å². The number of halogens is 1. The number of methoxy groups -OCH3 is 1. The van der Waals surface area contributed by atoms with E-state index in [1.165, 1.54) is 0 Å². The molecule has 0 aliphatic heterocycles. The van der Waals surface area contributed by atoms with Gasteiger partial charge in [0.15, 0.2) is 0 Å². The van der Waals surface area contributed by atoms with Crippen LogP contribution in [0.2, 0.25) is 5.02 Å². The summed E-state index contributed by atoms with van der Waals surface area (Å²) in [6, 6.07) is 6.14. The van der Waals surface area contributed by atoms with E-state index in [0.717, 1.165) is 16.3 Å². The minimum atomic E-state index is 0.272. The summed E-state index contributed by atoms with van der Waals surface area (Å²) in [4.78, 5) is 0. The van der Waals surface area contributed by atoms with E-state index in [1.807, 2.05) is 25.2 Å². The predicted molar refractivity (Wildman–Crippen MR) is 73.8 cm³/mol. The van der Waals surface area contributed by atoms with Crippen LogP contribution in [0.5, 0.6) is 5.75 Å². The average molecular weight is 256 g/mol. The van der Waals surface area contributed by atoms with Crippen molar-refractivity contribution in [2.75, 3.05) is 14.2 Å². The van der Waals surface area contributed by atoms with Gasteiger partial charge in [-0.25, -0.2) is 0 Å². The Bertz CT molecular complexity index is 365. The zero-order valence-electron chi connectivity index (χ0n) is 11.3. The highest BCUT2D eigenvalue weighted by atomic mass is 35.5. The van der Waals surface area contributed by atoms with Crippen LogP contribution in [0.1, 0.15) is 32.4 Å². The Kier molecular flexibility index (Phi) is 5.29. The van der Waals surface area contributed by atoms with Crippen LogP contribution in [0.4, 0.5) is 0 Å². The fraction of sp³-hybridized carbons (Fsp3) is 0.571. The van der Waals surface area contributed by atoms with Crippen molar-refractivity contribution in [3.63, 3.8) is 0 Å². The highest BCUT2D eigenvalue weighted by Gasteiger charge is 2.22. The van der Waals surface area contributed by atoms with Crippen molar-refractivity contribution in [2.24, 2.45) is 11.8 Å². The molecule has 0 aromatic heterocycles. The molecular weight excluding hydrogens is 234 g/mol. The van der Waals surface area contributed by atoms with E-state index in [2.05, 4.69) is 26.1 Å². The van der Waals surface area contributed by atoms with Crippen molar-refractivity contribution in [1.29, 1.82) is 0 Å². The predicted octanol–water partition coefficient (Wildman–Crippen LogP) is 3.90. The molecule has 0 heterocycles. The summed E-state index contributed by atoms with van der Waals surface area (Å²) in [6.07, 6.45) is 0. The molecule has 0 saturated heterocycles. The van der Waals surface area contributed by atoms with Gasteiger partial charge in [0.25, 0.3) is 0 Å². The van der Waals surface area contributed by atoms with Gasteiger partial charge in [-0.2, -0.15) is 0 Å². The average Bonchev–Trinajstić information content (AvgIpc) is 2.31. The molecule has 96 valence electrons. The number of nitrogens with one attached hydrogen (secondary N) is 1. The zero-order valence-corrected chi connectivity index (χ0v) is 12.0. The summed E-state index contributed by atoms with van der Waals surface area (Å²) < 4.78 is 5.17. The standard InChI is InChI=1S/C14H22ClNO/c1-9(2)10(3)14(16-4)12-7-6-11(17-5)8-13(12)15/h6-10,14,16H,1-5H3. The van der Waals surface area contributed by atoms with Gasteiger partial charge in [0.05, 0.1) is 7.11 Å². The maximum Gasteiger partial charge on any atom is 0.120 e. The van der Waals surface area contributed by atoms with Crippen LogP contribution in [0, 0.1) is 11.8 Å². The first-order valence-electron chi connectivity index (χ1n) is 6.02. The summed E-state index contributed by atoms with van der Waals surface area (Å²) in [5.41, 5.74) is 1.14. The Morgan fingerprint density at radius 3 is 2.29 bits per heavy atom. The Hall–Kier alpha value is -0.730. The molecule has 0 fully saturated rings. The van der Waals surface area contributed by atoms with Gasteiger partial charge >= 0.3 is 0 Å². The molecule has 0 radical (unpaired) electrons. The largest absolute Gasteiger partial charge is 0.497 e. The Balaban J connectivity index is 3.04. The highest BCUT2D eigenvalue weighted by Crippen LogP contribution is 2.33. The summed E-state index contributed by atoms with van der Waals surface area (Å²) in [5, 5.41) is 4.11. The first-order chi connectivity index (χ1) is 8.01. The van der Waals surface area contributed by atoms with E-state index in [0.29, 0.717) is 11.8 Å². The van der Waals surface area contributed by atoms with E-state index in [-0.39, 0.29) is 6.04 Å². The fourth-order valence-electron chi connectivity index (χ4n) is 1.97. The molecule has 1 aromatic carbocycles. The van der Waals surface area contributed by atoms with E-state index in [4.69, 9.17) is 16.3 Å². The molecule has 17 heavy (non-hydrogen) atoms. The molecule has 3 heteroatoms. The molecule has 0 aliphatic rings. The van der Waals surface area contributed by atoms with Crippen molar-refractivity contribution >= 4 is 11.6 Å². The smallest absolute Gasteiger partial charge is 0.120 e. The van der Waals surface area contributed by atoms with Gasteiger partial charge in [0.1, 0.15) is 5.75 Å². The zero-order chi connectivity index (χ0) is 13.0. The van der Waals surface area contributed by atoms with Gasteiger partial charge in [-0.15, -0.1) is 0 Å². The molecule has 1 aromatic rings.